The highest BCUT2D eigenvalue weighted by Crippen LogP contribution is 2.63. The van der Waals surface area contributed by atoms with E-state index in [1.54, 1.807) is 0 Å². The van der Waals surface area contributed by atoms with Crippen molar-refractivity contribution in [3.63, 3.8) is 0 Å². The lowest BCUT2D eigenvalue weighted by molar-refractivity contribution is -0.147. The highest BCUT2D eigenvalue weighted by atomic mass is 16.2. The zero-order valence-corrected chi connectivity index (χ0v) is 25.5. The molecular weight excluding hydrogens is 532 g/mol. The fourth-order valence-corrected chi connectivity index (χ4v) is 10.6. The SMILES string of the molecule is CC1C[C@H](C(=O)N[C@]2(C)C[C@]3(C)C(C2=O)C(Cc2ccccc2)C(=O)C2CCC[C@H]23)C=C2c3cccc4[nH]cc(c34)C[C@H]21. The molecule has 0 aliphatic heterocycles. The summed E-state index contributed by atoms with van der Waals surface area (Å²) in [5.41, 5.74) is 4.88. The second-order valence-corrected chi connectivity index (χ2v) is 15.0. The Morgan fingerprint density at radius 1 is 1.02 bits per heavy atom. The molecular formula is C38H42N2O3. The standard InChI is InChI=1S/C38H42N2O3/c1-21-15-23(17-28-25-11-8-14-31-32(25)24(19-39-31)18-27(21)28)36(43)40-38(3)20-37(2)30-13-7-12-26(30)34(41)29(33(37)35(38)42)16-22-9-5-4-6-10-22/h4-6,8-11,14,17,19,21,23,26-27,29-30,33,39H,7,12-13,15-16,18,20H2,1-3H3,(H,40,43)/t21?,23-,26?,27-,29?,30+,33?,37-,38+/m0/s1. The number of nitrogens with one attached hydrogen (secondary N) is 2. The molecule has 2 N–H and O–H groups in total. The van der Waals surface area contributed by atoms with Gasteiger partial charge in [0.15, 0.2) is 5.78 Å². The van der Waals surface area contributed by atoms with Gasteiger partial charge >= 0.3 is 0 Å². The summed E-state index contributed by atoms with van der Waals surface area (Å²) in [7, 11) is 0. The van der Waals surface area contributed by atoms with Crippen LogP contribution in [0.4, 0.5) is 0 Å². The first-order valence-corrected chi connectivity index (χ1v) is 16.4. The number of ketones is 2. The lowest BCUT2D eigenvalue weighted by atomic mass is 9.54. The van der Waals surface area contributed by atoms with E-state index in [2.05, 4.69) is 66.8 Å². The number of Topliss-reactive ketones (excluding diaryl/α,β-unsaturated/α-hetero) is 2. The van der Waals surface area contributed by atoms with Crippen LogP contribution >= 0.6 is 0 Å². The maximum atomic E-state index is 14.6. The van der Waals surface area contributed by atoms with Gasteiger partial charge in [-0.3, -0.25) is 14.4 Å². The molecule has 5 heteroatoms. The average Bonchev–Trinajstić information content (AvgIpc) is 3.70. The van der Waals surface area contributed by atoms with Gasteiger partial charge in [-0.05, 0) is 96.9 Å². The van der Waals surface area contributed by atoms with Gasteiger partial charge in [0.2, 0.25) is 5.91 Å². The Kier molecular flexibility index (Phi) is 6.00. The maximum Gasteiger partial charge on any atom is 0.227 e. The molecule has 3 fully saturated rings. The summed E-state index contributed by atoms with van der Waals surface area (Å²) in [6.07, 6.45) is 10.3. The lowest BCUT2D eigenvalue weighted by Gasteiger charge is -2.47. The molecule has 1 heterocycles. The molecule has 3 saturated carbocycles. The van der Waals surface area contributed by atoms with Gasteiger partial charge in [-0.2, -0.15) is 0 Å². The van der Waals surface area contributed by atoms with E-state index >= 15 is 0 Å². The monoisotopic (exact) mass is 574 g/mol. The predicted octanol–water partition coefficient (Wildman–Crippen LogP) is 6.71. The highest BCUT2D eigenvalue weighted by molar-refractivity contribution is 6.03. The largest absolute Gasteiger partial charge is 0.361 e. The smallest absolute Gasteiger partial charge is 0.227 e. The van der Waals surface area contributed by atoms with E-state index in [0.29, 0.717) is 24.7 Å². The first kappa shape index (κ1) is 27.1. The van der Waals surface area contributed by atoms with E-state index in [1.807, 2.05) is 25.1 Å². The first-order valence-electron chi connectivity index (χ1n) is 16.4. The number of hydrogen-bond acceptors (Lipinski definition) is 3. The molecule has 5 aliphatic rings. The number of aromatic amines is 1. The minimum absolute atomic E-state index is 0.0361. The van der Waals surface area contributed by atoms with E-state index in [9.17, 15) is 14.4 Å². The number of amides is 1. The van der Waals surface area contributed by atoms with Crippen molar-refractivity contribution in [2.45, 2.75) is 71.3 Å². The third-order valence-electron chi connectivity index (χ3n) is 12.4. The van der Waals surface area contributed by atoms with Gasteiger partial charge in [-0.25, -0.2) is 0 Å². The summed E-state index contributed by atoms with van der Waals surface area (Å²) >= 11 is 0. The lowest BCUT2D eigenvalue weighted by Crippen LogP contribution is -2.53. The number of benzene rings is 2. The molecule has 0 saturated heterocycles. The summed E-state index contributed by atoms with van der Waals surface area (Å²) in [5.74, 6) is 0.344. The molecule has 0 radical (unpaired) electrons. The maximum absolute atomic E-state index is 14.6. The molecule has 5 aliphatic carbocycles. The molecule has 1 aromatic heterocycles. The van der Waals surface area contributed by atoms with Crippen LogP contribution in [0, 0.1) is 46.8 Å². The van der Waals surface area contributed by atoms with Gasteiger partial charge in [-0.15, -0.1) is 0 Å². The molecule has 3 aromatic rings. The van der Waals surface area contributed by atoms with Crippen molar-refractivity contribution in [3.05, 3.63) is 77.5 Å². The Hall–Kier alpha value is -3.47. The van der Waals surface area contributed by atoms with Gasteiger partial charge in [0, 0.05) is 34.9 Å². The van der Waals surface area contributed by atoms with Crippen molar-refractivity contribution in [2.75, 3.05) is 0 Å². The molecule has 8 rings (SSSR count). The van der Waals surface area contributed by atoms with Crippen LogP contribution in [0.15, 0.2) is 60.8 Å². The second kappa shape index (κ2) is 9.51. The summed E-state index contributed by atoms with van der Waals surface area (Å²) in [6, 6.07) is 16.6. The van der Waals surface area contributed by atoms with Crippen LogP contribution in [0.1, 0.15) is 69.6 Å². The topological polar surface area (TPSA) is 79.0 Å². The zero-order valence-electron chi connectivity index (χ0n) is 25.5. The van der Waals surface area contributed by atoms with Gasteiger partial charge < -0.3 is 10.3 Å². The minimum atomic E-state index is -0.970. The van der Waals surface area contributed by atoms with E-state index in [-0.39, 0.29) is 52.5 Å². The fraction of sp³-hybridized carbons (Fsp3) is 0.500. The van der Waals surface area contributed by atoms with Crippen molar-refractivity contribution >= 4 is 33.9 Å². The molecule has 2 aromatic carbocycles. The number of aromatic nitrogens is 1. The van der Waals surface area contributed by atoms with Crippen LogP contribution in [0.25, 0.3) is 16.5 Å². The van der Waals surface area contributed by atoms with Crippen LogP contribution in [-0.4, -0.2) is 28.0 Å². The summed E-state index contributed by atoms with van der Waals surface area (Å²) in [6.45, 7) is 6.47. The van der Waals surface area contributed by atoms with Crippen molar-refractivity contribution in [1.29, 1.82) is 0 Å². The van der Waals surface area contributed by atoms with E-state index < -0.39 is 5.54 Å². The summed E-state index contributed by atoms with van der Waals surface area (Å²) in [4.78, 5) is 46.1. The minimum Gasteiger partial charge on any atom is -0.361 e. The van der Waals surface area contributed by atoms with Crippen LogP contribution in [0.2, 0.25) is 0 Å². The average molecular weight is 575 g/mol. The Labute approximate surface area is 253 Å². The quantitative estimate of drug-likeness (QED) is 0.364. The number of rotatable bonds is 4. The molecule has 4 unspecified atom stereocenters. The van der Waals surface area contributed by atoms with E-state index in [1.165, 1.54) is 22.1 Å². The molecule has 0 bridgehead atoms. The Bertz CT molecular complexity index is 1690. The van der Waals surface area contributed by atoms with Gasteiger partial charge in [0.1, 0.15) is 5.78 Å². The first-order chi connectivity index (χ1) is 20.7. The van der Waals surface area contributed by atoms with Crippen LogP contribution in [-0.2, 0) is 27.2 Å². The van der Waals surface area contributed by atoms with Crippen molar-refractivity contribution in [1.82, 2.24) is 10.3 Å². The van der Waals surface area contributed by atoms with E-state index in [4.69, 9.17) is 0 Å². The highest BCUT2D eigenvalue weighted by Gasteiger charge is 2.68. The van der Waals surface area contributed by atoms with Gasteiger partial charge in [0.25, 0.3) is 0 Å². The zero-order chi connectivity index (χ0) is 29.7. The number of carbonyl (C=O) groups is 3. The molecule has 5 nitrogen and oxygen atoms in total. The van der Waals surface area contributed by atoms with Crippen LogP contribution in [0.3, 0.4) is 0 Å². The third kappa shape index (κ3) is 3.92. The van der Waals surface area contributed by atoms with Crippen molar-refractivity contribution in [2.24, 2.45) is 46.8 Å². The Morgan fingerprint density at radius 2 is 1.84 bits per heavy atom. The molecule has 222 valence electrons. The van der Waals surface area contributed by atoms with Gasteiger partial charge in [0.05, 0.1) is 11.5 Å². The van der Waals surface area contributed by atoms with Crippen LogP contribution < -0.4 is 5.32 Å². The predicted molar refractivity (Wildman–Crippen MR) is 168 cm³/mol. The number of fused-ring (bicyclic) bond motifs is 5. The second-order valence-electron chi connectivity index (χ2n) is 15.0. The molecule has 1 amide bonds. The molecule has 9 atom stereocenters. The number of allylic oxidation sites excluding steroid dienone is 1. The molecule has 0 spiro atoms. The normalized spacial score (nSPS) is 37.9. The summed E-state index contributed by atoms with van der Waals surface area (Å²) < 4.78 is 0. The van der Waals surface area contributed by atoms with Gasteiger partial charge in [-0.1, -0.05) is 68.8 Å². The number of carbonyl (C=O) groups excluding carboxylic acids is 3. The molecule has 43 heavy (non-hydrogen) atoms. The van der Waals surface area contributed by atoms with Crippen molar-refractivity contribution < 1.29 is 14.4 Å². The summed E-state index contributed by atoms with van der Waals surface area (Å²) in [5, 5.41) is 4.63. The third-order valence-corrected chi connectivity index (χ3v) is 12.4. The van der Waals surface area contributed by atoms with Crippen molar-refractivity contribution in [3.8, 4) is 0 Å². The Morgan fingerprint density at radius 3 is 2.65 bits per heavy atom. The Balaban J connectivity index is 1.11. The number of H-pyrrole nitrogens is 1. The number of hydrogen-bond donors (Lipinski definition) is 2. The fourth-order valence-electron chi connectivity index (χ4n) is 10.6. The van der Waals surface area contributed by atoms with Crippen LogP contribution in [0.5, 0.6) is 0 Å². The van der Waals surface area contributed by atoms with E-state index in [0.717, 1.165) is 43.2 Å².